The Morgan fingerprint density at radius 1 is 1.06 bits per heavy atom. The minimum Gasteiger partial charge on any atom is -0.494 e. The maximum Gasteiger partial charge on any atom is 0.264 e. The van der Waals surface area contributed by atoms with E-state index in [9.17, 15) is 13.2 Å². The normalized spacial score (nSPS) is 10.9. The molecule has 1 aromatic heterocycles. The number of rotatable bonds is 10. The van der Waals surface area contributed by atoms with Crippen LogP contribution in [0.5, 0.6) is 5.75 Å². The maximum atomic E-state index is 13.4. The predicted octanol–water partition coefficient (Wildman–Crippen LogP) is 3.94. The van der Waals surface area contributed by atoms with Crippen LogP contribution in [0.2, 0.25) is 0 Å². The van der Waals surface area contributed by atoms with Gasteiger partial charge in [0.25, 0.3) is 15.9 Å². The van der Waals surface area contributed by atoms with Crippen LogP contribution in [0.15, 0.2) is 77.5 Å². The second-order valence-electron chi connectivity index (χ2n) is 6.88. The average Bonchev–Trinajstić information content (AvgIpc) is 3.32. The lowest BCUT2D eigenvalue weighted by atomic mass is 10.2. The number of nitrogens with zero attached hydrogens (tertiary/aromatic N) is 1. The number of carbonyl (C=O) groups is 1. The van der Waals surface area contributed by atoms with Gasteiger partial charge in [-0.1, -0.05) is 30.3 Å². The summed E-state index contributed by atoms with van der Waals surface area (Å²) in [6, 6.07) is 16.8. The van der Waals surface area contributed by atoms with Gasteiger partial charge in [-0.2, -0.15) is 0 Å². The lowest BCUT2D eigenvalue weighted by Crippen LogP contribution is -2.45. The first-order chi connectivity index (χ1) is 15.3. The number of anilines is 1. The van der Waals surface area contributed by atoms with Crippen LogP contribution in [0, 0.1) is 6.92 Å². The molecular weight excluding hydrogens is 446 g/mol. The number of ether oxygens (including phenoxy) is 1. The SMILES string of the molecule is C=C(NNC(=O)CN(c1ccc(C)cc1)S(=O)(=O)c1ccc(OCC)cc1)c1cccs1. The van der Waals surface area contributed by atoms with E-state index in [1.807, 2.05) is 31.4 Å². The molecule has 0 aliphatic heterocycles. The van der Waals surface area contributed by atoms with Crippen LogP contribution in [-0.2, 0) is 14.8 Å². The number of aryl methyl sites for hydroxylation is 1. The topological polar surface area (TPSA) is 87.7 Å². The van der Waals surface area contributed by atoms with E-state index in [-0.39, 0.29) is 4.90 Å². The third-order valence-corrected chi connectivity index (χ3v) is 7.22. The van der Waals surface area contributed by atoms with Crippen molar-refractivity contribution in [3.63, 3.8) is 0 Å². The van der Waals surface area contributed by atoms with Crippen molar-refractivity contribution in [1.82, 2.24) is 10.9 Å². The van der Waals surface area contributed by atoms with E-state index in [2.05, 4.69) is 17.4 Å². The highest BCUT2D eigenvalue weighted by molar-refractivity contribution is 7.92. The molecule has 0 aliphatic carbocycles. The molecule has 3 aromatic rings. The number of sulfonamides is 1. The quantitative estimate of drug-likeness (QED) is 0.437. The summed E-state index contributed by atoms with van der Waals surface area (Å²) in [4.78, 5) is 13.6. The van der Waals surface area contributed by atoms with E-state index in [1.165, 1.54) is 23.5 Å². The van der Waals surface area contributed by atoms with Gasteiger partial charge in [0.2, 0.25) is 0 Å². The van der Waals surface area contributed by atoms with Crippen molar-refractivity contribution in [1.29, 1.82) is 0 Å². The van der Waals surface area contributed by atoms with Crippen molar-refractivity contribution in [3.05, 3.63) is 83.1 Å². The standard InChI is InChI=1S/C23H25N3O4S2/c1-4-30-20-11-13-21(14-12-20)32(28,29)26(19-9-7-17(2)8-10-19)16-23(27)25-24-18(3)22-6-5-15-31-22/h5-15,24H,3-4,16H2,1-2H3,(H,25,27). The maximum absolute atomic E-state index is 13.4. The van der Waals surface area contributed by atoms with E-state index in [0.717, 1.165) is 14.7 Å². The molecule has 2 aromatic carbocycles. The molecule has 0 atom stereocenters. The number of benzene rings is 2. The zero-order chi connectivity index (χ0) is 23.1. The van der Waals surface area contributed by atoms with Crippen LogP contribution < -0.4 is 19.9 Å². The molecule has 1 heterocycles. The fourth-order valence-corrected chi connectivity index (χ4v) is 4.93. The van der Waals surface area contributed by atoms with Crippen LogP contribution >= 0.6 is 11.3 Å². The van der Waals surface area contributed by atoms with Crippen LogP contribution in [0.1, 0.15) is 17.4 Å². The van der Waals surface area contributed by atoms with Crippen LogP contribution in [0.4, 0.5) is 5.69 Å². The Balaban J connectivity index is 1.82. The Labute approximate surface area is 192 Å². The smallest absolute Gasteiger partial charge is 0.264 e. The molecule has 2 N–H and O–H groups in total. The first kappa shape index (κ1) is 23.4. The number of hydrazine groups is 1. The summed E-state index contributed by atoms with van der Waals surface area (Å²) < 4.78 is 33.3. The van der Waals surface area contributed by atoms with Crippen molar-refractivity contribution >= 4 is 38.7 Å². The third kappa shape index (κ3) is 5.68. The number of hydrogen-bond donors (Lipinski definition) is 2. The summed E-state index contributed by atoms with van der Waals surface area (Å²) in [5.74, 6) is 0.0418. The number of amides is 1. The van der Waals surface area contributed by atoms with Gasteiger partial charge >= 0.3 is 0 Å². The van der Waals surface area contributed by atoms with Crippen molar-refractivity contribution in [2.24, 2.45) is 0 Å². The van der Waals surface area contributed by atoms with Crippen LogP contribution in [0.3, 0.4) is 0 Å². The van der Waals surface area contributed by atoms with Gasteiger partial charge in [0.05, 0.1) is 27.8 Å². The molecule has 0 bridgehead atoms. The van der Waals surface area contributed by atoms with Gasteiger partial charge in [0, 0.05) is 0 Å². The van der Waals surface area contributed by atoms with Gasteiger partial charge in [-0.05, 0) is 61.7 Å². The molecule has 9 heteroatoms. The highest BCUT2D eigenvalue weighted by Crippen LogP contribution is 2.25. The van der Waals surface area contributed by atoms with Gasteiger partial charge in [0.1, 0.15) is 12.3 Å². The van der Waals surface area contributed by atoms with E-state index < -0.39 is 22.5 Å². The van der Waals surface area contributed by atoms with E-state index in [1.54, 1.807) is 36.4 Å². The molecular formula is C23H25N3O4S2. The summed E-state index contributed by atoms with van der Waals surface area (Å²) >= 11 is 1.47. The molecule has 0 fully saturated rings. The summed E-state index contributed by atoms with van der Waals surface area (Å²) in [6.45, 7) is 7.70. The minimum absolute atomic E-state index is 0.0604. The van der Waals surface area contributed by atoms with Gasteiger partial charge in [-0.3, -0.25) is 20.0 Å². The van der Waals surface area contributed by atoms with Gasteiger partial charge < -0.3 is 4.74 Å². The Morgan fingerprint density at radius 2 is 1.75 bits per heavy atom. The fraction of sp³-hybridized carbons (Fsp3) is 0.174. The van der Waals surface area contributed by atoms with Crippen molar-refractivity contribution in [2.75, 3.05) is 17.5 Å². The zero-order valence-corrected chi connectivity index (χ0v) is 19.5. The van der Waals surface area contributed by atoms with Crippen molar-refractivity contribution < 1.29 is 17.9 Å². The Morgan fingerprint density at radius 3 is 2.34 bits per heavy atom. The lowest BCUT2D eigenvalue weighted by Gasteiger charge is -2.24. The van der Waals surface area contributed by atoms with E-state index in [0.29, 0.717) is 23.7 Å². The molecule has 0 saturated carbocycles. The molecule has 1 amide bonds. The minimum atomic E-state index is -4.01. The van der Waals surface area contributed by atoms with Crippen molar-refractivity contribution in [3.8, 4) is 5.75 Å². The van der Waals surface area contributed by atoms with Gasteiger partial charge in [-0.15, -0.1) is 11.3 Å². The highest BCUT2D eigenvalue weighted by Gasteiger charge is 2.27. The summed E-state index contributed by atoms with van der Waals surface area (Å²) in [5.41, 5.74) is 7.15. The third-order valence-electron chi connectivity index (χ3n) is 4.50. The second kappa shape index (κ2) is 10.3. The summed E-state index contributed by atoms with van der Waals surface area (Å²) in [6.07, 6.45) is 0. The Bertz CT molecular complexity index is 1160. The highest BCUT2D eigenvalue weighted by atomic mass is 32.2. The monoisotopic (exact) mass is 471 g/mol. The number of nitrogens with one attached hydrogen (secondary N) is 2. The molecule has 0 spiro atoms. The van der Waals surface area contributed by atoms with E-state index in [4.69, 9.17) is 4.74 Å². The molecule has 0 radical (unpaired) electrons. The molecule has 0 aliphatic rings. The first-order valence-electron chi connectivity index (χ1n) is 9.91. The largest absolute Gasteiger partial charge is 0.494 e. The number of carbonyl (C=O) groups excluding carboxylic acids is 1. The van der Waals surface area contributed by atoms with Gasteiger partial charge in [0.15, 0.2) is 0 Å². The number of hydrogen-bond acceptors (Lipinski definition) is 6. The lowest BCUT2D eigenvalue weighted by molar-refractivity contribution is -0.120. The average molecular weight is 472 g/mol. The molecule has 0 saturated heterocycles. The molecule has 168 valence electrons. The molecule has 32 heavy (non-hydrogen) atoms. The molecule has 7 nitrogen and oxygen atoms in total. The summed E-state index contributed by atoms with van der Waals surface area (Å²) in [5, 5.41) is 1.90. The Hall–Kier alpha value is -3.30. The molecule has 3 rings (SSSR count). The van der Waals surface area contributed by atoms with Crippen LogP contribution in [-0.4, -0.2) is 27.5 Å². The first-order valence-corrected chi connectivity index (χ1v) is 12.2. The van der Waals surface area contributed by atoms with E-state index >= 15 is 0 Å². The van der Waals surface area contributed by atoms with Gasteiger partial charge in [-0.25, -0.2) is 8.42 Å². The zero-order valence-electron chi connectivity index (χ0n) is 17.9. The summed E-state index contributed by atoms with van der Waals surface area (Å²) in [7, 11) is -4.01. The second-order valence-corrected chi connectivity index (χ2v) is 9.69. The molecule has 0 unspecified atom stereocenters. The van der Waals surface area contributed by atoms with Crippen LogP contribution in [0.25, 0.3) is 5.70 Å². The fourth-order valence-electron chi connectivity index (χ4n) is 2.85. The van der Waals surface area contributed by atoms with Crippen molar-refractivity contribution in [2.45, 2.75) is 18.7 Å². The number of thiophene rings is 1. The predicted molar refractivity (Wildman–Crippen MR) is 128 cm³/mol. The Kier molecular flexibility index (Phi) is 7.55.